The number of H-pyrrole nitrogens is 1. The zero-order valence-electron chi connectivity index (χ0n) is 11.6. The molecule has 2 aromatic heterocycles. The molecule has 4 aromatic rings. The van der Waals surface area contributed by atoms with Gasteiger partial charge in [-0.25, -0.2) is 4.98 Å². The smallest absolute Gasteiger partial charge is 0.138 e. The highest BCUT2D eigenvalue weighted by molar-refractivity contribution is 6.73. The van der Waals surface area contributed by atoms with Crippen LogP contribution < -0.4 is 5.19 Å². The summed E-state index contributed by atoms with van der Waals surface area (Å²) in [7, 11) is -0.857. The molecule has 0 bridgehead atoms. The number of rotatable bonds is 1. The highest BCUT2D eigenvalue weighted by Gasteiger charge is 2.13. The van der Waals surface area contributed by atoms with E-state index in [1.165, 1.54) is 32.2 Å². The van der Waals surface area contributed by atoms with Gasteiger partial charge in [0.25, 0.3) is 0 Å². The van der Waals surface area contributed by atoms with Crippen LogP contribution in [0.2, 0.25) is 13.1 Å². The molecular weight excluding hydrogens is 260 g/mol. The Hall–Kier alpha value is -2.13. The van der Waals surface area contributed by atoms with Gasteiger partial charge in [-0.05, 0) is 10.6 Å². The Morgan fingerprint density at radius 1 is 0.950 bits per heavy atom. The molecule has 98 valence electrons. The first kappa shape index (κ1) is 11.7. The molecule has 0 saturated heterocycles. The number of benzene rings is 2. The van der Waals surface area contributed by atoms with E-state index in [2.05, 4.69) is 65.5 Å². The lowest BCUT2D eigenvalue weighted by atomic mass is 10.1. The second-order valence-electron chi connectivity index (χ2n) is 5.62. The predicted molar refractivity (Wildman–Crippen MR) is 89.6 cm³/mol. The van der Waals surface area contributed by atoms with Gasteiger partial charge in [-0.1, -0.05) is 55.6 Å². The van der Waals surface area contributed by atoms with E-state index >= 15 is 0 Å². The average Bonchev–Trinajstić information content (AvgIpc) is 2.85. The Bertz CT molecular complexity index is 938. The number of nitrogens with zero attached hydrogens (tertiary/aromatic N) is 1. The van der Waals surface area contributed by atoms with Gasteiger partial charge >= 0.3 is 0 Å². The van der Waals surface area contributed by atoms with E-state index in [0.29, 0.717) is 0 Å². The molecule has 2 nitrogen and oxygen atoms in total. The minimum Gasteiger partial charge on any atom is -0.339 e. The molecule has 0 aliphatic carbocycles. The highest BCUT2D eigenvalue weighted by Crippen LogP contribution is 2.30. The molecule has 0 spiro atoms. The van der Waals surface area contributed by atoms with Crippen LogP contribution in [0.5, 0.6) is 0 Å². The maximum absolute atomic E-state index is 4.61. The van der Waals surface area contributed by atoms with E-state index in [1.807, 2.05) is 6.20 Å². The number of hydrogen-bond donors (Lipinski definition) is 1. The molecule has 0 atom stereocenters. The molecule has 2 heterocycles. The molecule has 0 aliphatic heterocycles. The lowest BCUT2D eigenvalue weighted by Gasteiger charge is -2.05. The highest BCUT2D eigenvalue weighted by atomic mass is 28.3. The Kier molecular flexibility index (Phi) is 2.44. The molecule has 1 N–H and O–H groups in total. The third-order valence-corrected chi connectivity index (χ3v) is 5.76. The fraction of sp³-hybridized carbons (Fsp3) is 0.118. The van der Waals surface area contributed by atoms with Crippen molar-refractivity contribution in [2.24, 2.45) is 0 Å². The first-order chi connectivity index (χ1) is 9.75. The monoisotopic (exact) mass is 276 g/mol. The molecule has 0 amide bonds. The minimum absolute atomic E-state index is 0.857. The molecule has 20 heavy (non-hydrogen) atoms. The standard InChI is InChI=1S/C17H16N2Si/c1-20(2)14-9-5-8-13-15-12-7-4-3-6-11(12)10-18-17(15)19-16(13)14/h3-10,20H,1-2H3,(H,18,19). The fourth-order valence-electron chi connectivity index (χ4n) is 3.05. The summed E-state index contributed by atoms with van der Waals surface area (Å²) in [6.07, 6.45) is 1.96. The summed E-state index contributed by atoms with van der Waals surface area (Å²) in [6, 6.07) is 15.1. The number of nitrogens with one attached hydrogen (secondary N) is 1. The quantitative estimate of drug-likeness (QED) is 0.529. The van der Waals surface area contributed by atoms with Crippen LogP contribution in [0, 0.1) is 0 Å². The van der Waals surface area contributed by atoms with Crippen LogP contribution in [0.15, 0.2) is 48.7 Å². The summed E-state index contributed by atoms with van der Waals surface area (Å²) >= 11 is 0. The summed E-state index contributed by atoms with van der Waals surface area (Å²) in [6.45, 7) is 4.73. The van der Waals surface area contributed by atoms with Crippen LogP contribution in [-0.2, 0) is 0 Å². The van der Waals surface area contributed by atoms with Crippen LogP contribution in [0.25, 0.3) is 32.7 Å². The van der Waals surface area contributed by atoms with Crippen molar-refractivity contribution in [1.82, 2.24) is 9.97 Å². The van der Waals surface area contributed by atoms with Crippen molar-refractivity contribution in [3.05, 3.63) is 48.7 Å². The third kappa shape index (κ3) is 1.53. The first-order valence-corrected chi connectivity index (χ1v) is 9.92. The summed E-state index contributed by atoms with van der Waals surface area (Å²) in [5, 5.41) is 6.54. The van der Waals surface area contributed by atoms with E-state index in [-0.39, 0.29) is 0 Å². The van der Waals surface area contributed by atoms with Gasteiger partial charge in [-0.3, -0.25) is 0 Å². The molecule has 0 unspecified atom stereocenters. The summed E-state index contributed by atoms with van der Waals surface area (Å²) in [4.78, 5) is 8.15. The van der Waals surface area contributed by atoms with Crippen LogP contribution in [-0.4, -0.2) is 18.8 Å². The Morgan fingerprint density at radius 3 is 2.60 bits per heavy atom. The number of aromatic nitrogens is 2. The van der Waals surface area contributed by atoms with Gasteiger partial charge in [0.15, 0.2) is 0 Å². The van der Waals surface area contributed by atoms with E-state index < -0.39 is 8.80 Å². The number of aromatic amines is 1. The topological polar surface area (TPSA) is 28.7 Å². The van der Waals surface area contributed by atoms with Crippen molar-refractivity contribution in [1.29, 1.82) is 0 Å². The van der Waals surface area contributed by atoms with Crippen molar-refractivity contribution >= 4 is 46.7 Å². The second kappa shape index (κ2) is 4.18. The van der Waals surface area contributed by atoms with Gasteiger partial charge in [-0.2, -0.15) is 0 Å². The maximum atomic E-state index is 4.61. The lowest BCUT2D eigenvalue weighted by Crippen LogP contribution is -2.23. The maximum Gasteiger partial charge on any atom is 0.138 e. The largest absolute Gasteiger partial charge is 0.339 e. The number of fused-ring (bicyclic) bond motifs is 5. The average molecular weight is 276 g/mol. The molecule has 0 aliphatic rings. The number of pyridine rings is 1. The van der Waals surface area contributed by atoms with E-state index in [1.54, 1.807) is 0 Å². The van der Waals surface area contributed by atoms with E-state index in [0.717, 1.165) is 5.65 Å². The second-order valence-corrected chi connectivity index (χ2v) is 8.55. The van der Waals surface area contributed by atoms with Crippen LogP contribution in [0.1, 0.15) is 0 Å². The van der Waals surface area contributed by atoms with Gasteiger partial charge in [0.1, 0.15) is 5.65 Å². The van der Waals surface area contributed by atoms with Crippen molar-refractivity contribution in [3.63, 3.8) is 0 Å². The third-order valence-electron chi connectivity index (χ3n) is 4.03. The fourth-order valence-corrected chi connectivity index (χ4v) is 4.35. The van der Waals surface area contributed by atoms with Gasteiger partial charge in [-0.15, -0.1) is 0 Å². The zero-order chi connectivity index (χ0) is 13.7. The van der Waals surface area contributed by atoms with Crippen molar-refractivity contribution in [2.75, 3.05) is 0 Å². The summed E-state index contributed by atoms with van der Waals surface area (Å²) in [5.41, 5.74) is 2.29. The van der Waals surface area contributed by atoms with E-state index in [4.69, 9.17) is 0 Å². The Morgan fingerprint density at radius 2 is 1.75 bits per heavy atom. The number of para-hydroxylation sites is 1. The first-order valence-electron chi connectivity index (χ1n) is 7.04. The van der Waals surface area contributed by atoms with Crippen LogP contribution in [0.4, 0.5) is 0 Å². The molecule has 2 aromatic carbocycles. The summed E-state index contributed by atoms with van der Waals surface area (Å²) < 4.78 is 0. The minimum atomic E-state index is -0.857. The molecule has 4 rings (SSSR count). The van der Waals surface area contributed by atoms with Gasteiger partial charge in [0, 0.05) is 27.9 Å². The lowest BCUT2D eigenvalue weighted by molar-refractivity contribution is 1.37. The Balaban J connectivity index is 2.26. The zero-order valence-corrected chi connectivity index (χ0v) is 12.8. The molecule has 0 radical (unpaired) electrons. The normalized spacial score (nSPS) is 11.9. The van der Waals surface area contributed by atoms with Crippen molar-refractivity contribution in [2.45, 2.75) is 13.1 Å². The molecule has 0 fully saturated rings. The Labute approximate surface area is 119 Å². The molecule has 0 saturated carbocycles. The van der Waals surface area contributed by atoms with Crippen molar-refractivity contribution < 1.29 is 0 Å². The van der Waals surface area contributed by atoms with E-state index in [9.17, 15) is 0 Å². The van der Waals surface area contributed by atoms with Gasteiger partial charge in [0.05, 0.1) is 8.80 Å². The number of hydrogen-bond acceptors (Lipinski definition) is 1. The van der Waals surface area contributed by atoms with Gasteiger partial charge in [0.2, 0.25) is 0 Å². The predicted octanol–water partition coefficient (Wildman–Crippen LogP) is 3.56. The summed E-state index contributed by atoms with van der Waals surface area (Å²) in [5.74, 6) is 0. The SMILES string of the molecule is C[SiH](C)c1cccc2c1[nH]c1ncc3ccccc3c12. The molecular formula is C17H16N2Si. The van der Waals surface area contributed by atoms with Gasteiger partial charge < -0.3 is 4.98 Å². The van der Waals surface area contributed by atoms with Crippen molar-refractivity contribution in [3.8, 4) is 0 Å². The van der Waals surface area contributed by atoms with Crippen LogP contribution in [0.3, 0.4) is 0 Å². The molecule has 3 heteroatoms. The van der Waals surface area contributed by atoms with Crippen LogP contribution >= 0.6 is 0 Å².